The predicted molar refractivity (Wildman–Crippen MR) is 102 cm³/mol. The molecule has 0 saturated carbocycles. The monoisotopic (exact) mass is 387 g/mol. The molecule has 3 aromatic rings. The molecule has 2 heterocycles. The molecule has 6 heteroatoms. The third kappa shape index (κ3) is 3.32. The maximum Gasteiger partial charge on any atom is 0.219 e. The molecule has 3 nitrogen and oxygen atoms in total. The van der Waals surface area contributed by atoms with E-state index in [1.54, 1.807) is 27.8 Å². The highest BCUT2D eigenvalue weighted by Crippen LogP contribution is 2.39. The number of nitrogens with zero attached hydrogens (tertiary/aromatic N) is 1. The van der Waals surface area contributed by atoms with Gasteiger partial charge in [-0.3, -0.25) is 0 Å². The van der Waals surface area contributed by atoms with E-state index in [2.05, 4.69) is 0 Å². The first-order chi connectivity index (χ1) is 12.5. The van der Waals surface area contributed by atoms with Crippen LogP contribution in [0, 0.1) is 5.82 Å². The Balaban J connectivity index is 1.74. The van der Waals surface area contributed by atoms with Crippen molar-refractivity contribution in [2.24, 2.45) is 0 Å². The van der Waals surface area contributed by atoms with Crippen molar-refractivity contribution in [3.63, 3.8) is 0 Å². The van der Waals surface area contributed by atoms with Crippen molar-refractivity contribution in [1.29, 1.82) is 0 Å². The Hall–Kier alpha value is -2.02. The molecule has 2 aromatic carbocycles. The van der Waals surface area contributed by atoms with Crippen molar-refractivity contribution in [2.45, 2.75) is 18.2 Å². The summed E-state index contributed by atoms with van der Waals surface area (Å²) in [7, 11) is -3.60. The minimum atomic E-state index is -3.60. The fourth-order valence-electron chi connectivity index (χ4n) is 3.49. The Morgan fingerprint density at radius 3 is 2.65 bits per heavy atom. The minimum Gasteiger partial charge on any atom is -0.212 e. The highest BCUT2D eigenvalue weighted by Gasteiger charge is 2.36. The molecule has 0 spiro atoms. The first-order valence-corrected chi connectivity index (χ1v) is 10.9. The van der Waals surface area contributed by atoms with Gasteiger partial charge in [-0.15, -0.1) is 11.3 Å². The van der Waals surface area contributed by atoms with Crippen molar-refractivity contribution in [3.05, 3.63) is 93.4 Å². The molecule has 0 radical (unpaired) electrons. The summed E-state index contributed by atoms with van der Waals surface area (Å²) in [5.41, 5.74) is 2.47. The normalized spacial score (nSPS) is 17.8. The second-order valence-corrected chi connectivity index (χ2v) is 9.28. The zero-order valence-electron chi connectivity index (χ0n) is 14.0. The number of fused-ring (bicyclic) bond motifs is 1. The predicted octanol–water partition coefficient (Wildman–Crippen LogP) is 4.36. The third-order valence-electron chi connectivity index (χ3n) is 4.63. The maximum absolute atomic E-state index is 13.5. The molecule has 1 aromatic heterocycles. The van der Waals surface area contributed by atoms with Crippen LogP contribution < -0.4 is 0 Å². The summed E-state index contributed by atoms with van der Waals surface area (Å²) < 4.78 is 41.4. The van der Waals surface area contributed by atoms with Crippen LogP contribution in [0.2, 0.25) is 0 Å². The van der Waals surface area contributed by atoms with Gasteiger partial charge in [0.15, 0.2) is 0 Å². The van der Waals surface area contributed by atoms with E-state index < -0.39 is 15.8 Å². The molecule has 0 saturated heterocycles. The van der Waals surface area contributed by atoms with Gasteiger partial charge in [0.2, 0.25) is 10.0 Å². The van der Waals surface area contributed by atoms with Crippen LogP contribution in [-0.4, -0.2) is 19.3 Å². The zero-order chi connectivity index (χ0) is 18.1. The first kappa shape index (κ1) is 17.4. The Morgan fingerprint density at radius 1 is 1.08 bits per heavy atom. The Kier molecular flexibility index (Phi) is 4.65. The number of thiophene rings is 1. The van der Waals surface area contributed by atoms with Crippen LogP contribution in [0.5, 0.6) is 0 Å². The summed E-state index contributed by atoms with van der Waals surface area (Å²) >= 11 is 1.67. The van der Waals surface area contributed by atoms with Crippen molar-refractivity contribution in [1.82, 2.24) is 4.31 Å². The quantitative estimate of drug-likeness (QED) is 0.667. The number of benzene rings is 2. The molecule has 4 rings (SSSR count). The van der Waals surface area contributed by atoms with Crippen LogP contribution in [0.15, 0.2) is 66.0 Å². The Bertz CT molecular complexity index is 1020. The molecule has 134 valence electrons. The Morgan fingerprint density at radius 2 is 1.88 bits per heavy atom. The summed E-state index contributed by atoms with van der Waals surface area (Å²) in [4.78, 5) is 1.23. The molecule has 0 fully saturated rings. The van der Waals surface area contributed by atoms with E-state index in [9.17, 15) is 12.8 Å². The van der Waals surface area contributed by atoms with E-state index in [0.717, 1.165) is 11.1 Å². The minimum absolute atomic E-state index is 0.201. The lowest BCUT2D eigenvalue weighted by atomic mass is 9.95. The SMILES string of the molecule is O=S(=O)(Cc1cccc(F)c1)N1CCc2sccc2C1c1ccccc1. The van der Waals surface area contributed by atoms with E-state index in [0.29, 0.717) is 18.5 Å². The lowest BCUT2D eigenvalue weighted by Crippen LogP contribution is -2.40. The molecule has 0 N–H and O–H groups in total. The van der Waals surface area contributed by atoms with Gasteiger partial charge in [-0.25, -0.2) is 12.8 Å². The van der Waals surface area contributed by atoms with Crippen LogP contribution in [0.4, 0.5) is 4.39 Å². The van der Waals surface area contributed by atoms with Crippen LogP contribution in [0.3, 0.4) is 0 Å². The highest BCUT2D eigenvalue weighted by atomic mass is 32.2. The van der Waals surface area contributed by atoms with Crippen LogP contribution >= 0.6 is 11.3 Å². The summed E-state index contributed by atoms with van der Waals surface area (Å²) in [6.45, 7) is 0.435. The van der Waals surface area contributed by atoms with Gasteiger partial charge < -0.3 is 0 Å². The third-order valence-corrected chi connectivity index (χ3v) is 7.44. The van der Waals surface area contributed by atoms with Crippen molar-refractivity contribution in [2.75, 3.05) is 6.54 Å². The lowest BCUT2D eigenvalue weighted by molar-refractivity contribution is 0.346. The molecule has 1 aliphatic rings. The van der Waals surface area contributed by atoms with Gasteiger partial charge in [0.1, 0.15) is 5.82 Å². The van der Waals surface area contributed by atoms with Gasteiger partial charge in [-0.1, -0.05) is 42.5 Å². The molecule has 1 unspecified atom stereocenters. The fourth-order valence-corrected chi connectivity index (χ4v) is 6.09. The lowest BCUT2D eigenvalue weighted by Gasteiger charge is -2.35. The molecular formula is C20H18FNO2S2. The van der Waals surface area contributed by atoms with E-state index in [-0.39, 0.29) is 11.8 Å². The van der Waals surface area contributed by atoms with Gasteiger partial charge >= 0.3 is 0 Å². The number of sulfonamides is 1. The molecule has 26 heavy (non-hydrogen) atoms. The van der Waals surface area contributed by atoms with Crippen molar-refractivity contribution >= 4 is 21.4 Å². The summed E-state index contributed by atoms with van der Waals surface area (Å²) in [5, 5.41) is 2.02. The fraction of sp³-hybridized carbons (Fsp3) is 0.200. The number of hydrogen-bond donors (Lipinski definition) is 0. The van der Waals surface area contributed by atoms with Gasteiger partial charge in [-0.05, 0) is 46.7 Å². The van der Waals surface area contributed by atoms with Crippen LogP contribution in [0.25, 0.3) is 0 Å². The zero-order valence-corrected chi connectivity index (χ0v) is 15.6. The van der Waals surface area contributed by atoms with Gasteiger partial charge in [0.25, 0.3) is 0 Å². The van der Waals surface area contributed by atoms with Crippen LogP contribution in [-0.2, 0) is 22.2 Å². The summed E-state index contributed by atoms with van der Waals surface area (Å²) in [6.07, 6.45) is 0.707. The number of rotatable bonds is 4. The molecule has 1 atom stereocenters. The molecular weight excluding hydrogens is 369 g/mol. The largest absolute Gasteiger partial charge is 0.219 e. The van der Waals surface area contributed by atoms with E-state index >= 15 is 0 Å². The summed E-state index contributed by atoms with van der Waals surface area (Å²) in [5.74, 6) is -0.621. The van der Waals surface area contributed by atoms with Gasteiger partial charge in [-0.2, -0.15) is 4.31 Å². The second-order valence-electron chi connectivity index (χ2n) is 6.36. The van der Waals surface area contributed by atoms with Gasteiger partial charge in [0, 0.05) is 11.4 Å². The number of hydrogen-bond acceptors (Lipinski definition) is 3. The average molecular weight is 388 g/mol. The maximum atomic E-state index is 13.5. The molecule has 0 amide bonds. The van der Waals surface area contributed by atoms with Crippen molar-refractivity contribution in [3.8, 4) is 0 Å². The van der Waals surface area contributed by atoms with Gasteiger partial charge in [0.05, 0.1) is 11.8 Å². The topological polar surface area (TPSA) is 37.4 Å². The standard InChI is InChI=1S/C20H18FNO2S2/c21-17-8-4-5-15(13-17)14-26(23,24)22-11-9-19-18(10-12-25-19)20(22)16-6-2-1-3-7-16/h1-8,10,12-13,20H,9,11,14H2. The highest BCUT2D eigenvalue weighted by molar-refractivity contribution is 7.88. The average Bonchev–Trinajstić information content (AvgIpc) is 3.10. The smallest absolute Gasteiger partial charge is 0.212 e. The number of halogens is 1. The second kappa shape index (κ2) is 6.95. The molecule has 0 bridgehead atoms. The van der Waals surface area contributed by atoms with Crippen LogP contribution in [0.1, 0.15) is 27.6 Å². The van der Waals surface area contributed by atoms with E-state index in [1.807, 2.05) is 41.8 Å². The van der Waals surface area contributed by atoms with Crippen molar-refractivity contribution < 1.29 is 12.8 Å². The Labute approximate surface area is 156 Å². The molecule has 1 aliphatic heterocycles. The van der Waals surface area contributed by atoms with E-state index in [4.69, 9.17) is 0 Å². The first-order valence-electron chi connectivity index (χ1n) is 8.40. The molecule has 0 aliphatic carbocycles. The van der Waals surface area contributed by atoms with E-state index in [1.165, 1.54) is 17.0 Å². The summed E-state index contributed by atoms with van der Waals surface area (Å²) in [6, 6.07) is 17.2.